The van der Waals surface area contributed by atoms with E-state index in [0.717, 1.165) is 18.5 Å². The molecule has 4 aromatic rings. The van der Waals surface area contributed by atoms with Crippen LogP contribution in [-0.2, 0) is 4.74 Å². The van der Waals surface area contributed by atoms with Crippen LogP contribution in [0.2, 0.25) is 0 Å². The van der Waals surface area contributed by atoms with Crippen LogP contribution in [0.25, 0.3) is 10.9 Å². The average molecular weight is 544 g/mol. The Balaban J connectivity index is 1.33. The van der Waals surface area contributed by atoms with E-state index in [1.54, 1.807) is 37.6 Å². The summed E-state index contributed by atoms with van der Waals surface area (Å²) in [5.74, 6) is 2.01. The lowest BCUT2D eigenvalue weighted by atomic mass is 9.91. The van der Waals surface area contributed by atoms with Gasteiger partial charge in [-0.2, -0.15) is 0 Å². The predicted molar refractivity (Wildman–Crippen MR) is 153 cm³/mol. The maximum absolute atomic E-state index is 12.9. The lowest BCUT2D eigenvalue weighted by Crippen LogP contribution is -2.41. The number of hydrogen-bond donors (Lipinski definition) is 2. The first-order valence-corrected chi connectivity index (χ1v) is 13.3. The standard InChI is InChI=1S/C30H33N5O5/c1-4-38-13-14-39-26-17-25-22(10-12-35(25)30(37)31-2)15-27(26)40-24-9-11-32-28(16-24)33-29(36)21-7-5-20(6-8-21)23-18-34(3)19-23/h5-12,15-17,23H,4,13-14,18-19H2,1-3H3,(H,31,37)(H,32,33,36). The molecule has 5 rings (SSSR count). The van der Waals surface area contributed by atoms with Crippen LogP contribution < -0.4 is 20.1 Å². The number of likely N-dealkylation sites (N-methyl/N-ethyl adjacent to an activating group) is 1. The molecule has 2 N–H and O–H groups in total. The lowest BCUT2D eigenvalue weighted by molar-refractivity contribution is 0.102. The van der Waals surface area contributed by atoms with E-state index in [9.17, 15) is 9.59 Å². The summed E-state index contributed by atoms with van der Waals surface area (Å²) in [6, 6.07) is 16.2. The van der Waals surface area contributed by atoms with Crippen molar-refractivity contribution in [2.24, 2.45) is 0 Å². The number of carbonyl (C=O) groups is 2. The number of rotatable bonds is 10. The Hall–Kier alpha value is -4.41. The first-order valence-electron chi connectivity index (χ1n) is 13.3. The summed E-state index contributed by atoms with van der Waals surface area (Å²) in [6.45, 7) is 5.29. The topological polar surface area (TPSA) is 107 Å². The van der Waals surface area contributed by atoms with Crippen LogP contribution in [0.15, 0.2) is 67.0 Å². The van der Waals surface area contributed by atoms with E-state index in [1.807, 2.05) is 43.3 Å². The molecule has 0 saturated carbocycles. The van der Waals surface area contributed by atoms with Gasteiger partial charge in [-0.1, -0.05) is 12.1 Å². The molecule has 10 nitrogen and oxygen atoms in total. The van der Waals surface area contributed by atoms with Crippen molar-refractivity contribution < 1.29 is 23.8 Å². The summed E-state index contributed by atoms with van der Waals surface area (Å²) in [6.07, 6.45) is 3.26. The SMILES string of the molecule is CCOCCOc1cc2c(ccn2C(=O)NC)cc1Oc1ccnc(NC(=O)c2ccc(C3CN(C)C3)cc2)c1. The van der Waals surface area contributed by atoms with Crippen molar-refractivity contribution >= 4 is 28.7 Å². The maximum atomic E-state index is 12.9. The Morgan fingerprint density at radius 2 is 1.82 bits per heavy atom. The molecule has 0 aliphatic carbocycles. The van der Waals surface area contributed by atoms with E-state index in [2.05, 4.69) is 27.6 Å². The fourth-order valence-electron chi connectivity index (χ4n) is 4.66. The number of hydrogen-bond acceptors (Lipinski definition) is 7. The van der Waals surface area contributed by atoms with Crippen LogP contribution in [0, 0.1) is 0 Å². The van der Waals surface area contributed by atoms with Crippen LogP contribution in [0.3, 0.4) is 0 Å². The van der Waals surface area contributed by atoms with E-state index in [4.69, 9.17) is 14.2 Å². The smallest absolute Gasteiger partial charge is 0.325 e. The van der Waals surface area contributed by atoms with Gasteiger partial charge in [-0.25, -0.2) is 9.78 Å². The van der Waals surface area contributed by atoms with Crippen molar-refractivity contribution in [1.29, 1.82) is 0 Å². The molecule has 208 valence electrons. The third-order valence-corrected chi connectivity index (χ3v) is 6.79. The molecular formula is C30H33N5O5. The van der Waals surface area contributed by atoms with Gasteiger partial charge in [0.25, 0.3) is 5.91 Å². The van der Waals surface area contributed by atoms with Gasteiger partial charge >= 0.3 is 6.03 Å². The molecule has 1 aliphatic heterocycles. The fourth-order valence-corrected chi connectivity index (χ4v) is 4.66. The van der Waals surface area contributed by atoms with E-state index in [-0.39, 0.29) is 11.9 Å². The number of aromatic nitrogens is 2. The minimum atomic E-state index is -0.260. The van der Waals surface area contributed by atoms with Crippen molar-refractivity contribution in [3.8, 4) is 17.2 Å². The van der Waals surface area contributed by atoms with E-state index in [1.165, 1.54) is 10.1 Å². The number of ether oxygens (including phenoxy) is 3. The molecule has 0 unspecified atom stereocenters. The zero-order chi connectivity index (χ0) is 28.1. The maximum Gasteiger partial charge on any atom is 0.325 e. The first kappa shape index (κ1) is 27.2. The number of likely N-dealkylation sites (tertiary alicyclic amines) is 1. The van der Waals surface area contributed by atoms with E-state index < -0.39 is 0 Å². The fraction of sp³-hybridized carbons (Fsp3) is 0.300. The Kier molecular flexibility index (Phi) is 8.28. The molecule has 1 aliphatic rings. The second-order valence-corrected chi connectivity index (χ2v) is 9.62. The van der Waals surface area contributed by atoms with Gasteiger partial charge in [0.2, 0.25) is 0 Å². The molecule has 1 saturated heterocycles. The summed E-state index contributed by atoms with van der Waals surface area (Å²) >= 11 is 0. The number of pyridine rings is 1. The van der Waals surface area contributed by atoms with Gasteiger partial charge in [-0.15, -0.1) is 0 Å². The highest BCUT2D eigenvalue weighted by molar-refractivity contribution is 6.03. The third-order valence-electron chi connectivity index (χ3n) is 6.79. The molecule has 10 heteroatoms. The van der Waals surface area contributed by atoms with Gasteiger partial charge < -0.3 is 29.7 Å². The van der Waals surface area contributed by atoms with Crippen molar-refractivity contribution in [3.63, 3.8) is 0 Å². The largest absolute Gasteiger partial charge is 0.487 e. The molecule has 2 aromatic heterocycles. The van der Waals surface area contributed by atoms with Gasteiger partial charge in [0.1, 0.15) is 18.2 Å². The summed E-state index contributed by atoms with van der Waals surface area (Å²) < 4.78 is 19.1. The van der Waals surface area contributed by atoms with Crippen molar-refractivity contribution in [2.45, 2.75) is 12.8 Å². The van der Waals surface area contributed by atoms with Crippen LogP contribution >= 0.6 is 0 Å². The number of benzene rings is 2. The van der Waals surface area contributed by atoms with E-state index in [0.29, 0.717) is 59.9 Å². The number of nitrogens with zero attached hydrogens (tertiary/aromatic N) is 3. The predicted octanol–water partition coefficient (Wildman–Crippen LogP) is 4.71. The van der Waals surface area contributed by atoms with Gasteiger partial charge in [-0.3, -0.25) is 9.36 Å². The second-order valence-electron chi connectivity index (χ2n) is 9.62. The monoisotopic (exact) mass is 543 g/mol. The Labute approximate surface area is 232 Å². The second kappa shape index (κ2) is 12.2. The summed E-state index contributed by atoms with van der Waals surface area (Å²) in [5, 5.41) is 6.28. The van der Waals surface area contributed by atoms with Gasteiger partial charge in [-0.05, 0) is 49.9 Å². The number of fused-ring (bicyclic) bond motifs is 1. The summed E-state index contributed by atoms with van der Waals surface area (Å²) in [7, 11) is 3.68. The highest BCUT2D eigenvalue weighted by Crippen LogP contribution is 2.36. The van der Waals surface area contributed by atoms with Gasteiger partial charge in [0, 0.05) is 68.1 Å². The number of carbonyl (C=O) groups excluding carboxylic acids is 2. The van der Waals surface area contributed by atoms with Crippen molar-refractivity contribution in [2.75, 3.05) is 52.3 Å². The Morgan fingerprint density at radius 1 is 1.02 bits per heavy atom. The van der Waals surface area contributed by atoms with Crippen molar-refractivity contribution in [1.82, 2.24) is 19.8 Å². The third kappa shape index (κ3) is 6.08. The van der Waals surface area contributed by atoms with Crippen LogP contribution in [0.5, 0.6) is 17.2 Å². The van der Waals surface area contributed by atoms with Crippen LogP contribution in [-0.4, -0.2) is 73.4 Å². The summed E-state index contributed by atoms with van der Waals surface area (Å²) in [5.41, 5.74) is 2.47. The highest BCUT2D eigenvalue weighted by Gasteiger charge is 2.24. The van der Waals surface area contributed by atoms with E-state index >= 15 is 0 Å². The quantitative estimate of drug-likeness (QED) is 0.279. The zero-order valence-corrected chi connectivity index (χ0v) is 22.8. The minimum Gasteiger partial charge on any atom is -0.487 e. The lowest BCUT2D eigenvalue weighted by Gasteiger charge is -2.36. The Morgan fingerprint density at radius 3 is 2.55 bits per heavy atom. The first-order chi connectivity index (χ1) is 19.4. The summed E-state index contributed by atoms with van der Waals surface area (Å²) in [4.78, 5) is 31.7. The molecule has 0 radical (unpaired) electrons. The molecule has 0 bridgehead atoms. The number of amides is 2. The molecule has 3 heterocycles. The average Bonchev–Trinajstić information content (AvgIpc) is 3.36. The van der Waals surface area contributed by atoms with Crippen LogP contribution in [0.4, 0.5) is 10.6 Å². The molecule has 1 fully saturated rings. The minimum absolute atomic E-state index is 0.251. The highest BCUT2D eigenvalue weighted by atomic mass is 16.5. The number of anilines is 1. The normalized spacial score (nSPS) is 13.6. The van der Waals surface area contributed by atoms with Gasteiger partial charge in [0.05, 0.1) is 12.1 Å². The molecule has 40 heavy (non-hydrogen) atoms. The molecule has 0 spiro atoms. The molecule has 2 aromatic carbocycles. The zero-order valence-electron chi connectivity index (χ0n) is 22.8. The molecular weight excluding hydrogens is 510 g/mol. The molecule has 2 amide bonds. The van der Waals surface area contributed by atoms with Crippen molar-refractivity contribution in [3.05, 3.63) is 78.1 Å². The molecule has 0 atom stereocenters. The number of nitrogens with one attached hydrogen (secondary N) is 2. The van der Waals surface area contributed by atoms with Gasteiger partial charge in [0.15, 0.2) is 11.5 Å². The van der Waals surface area contributed by atoms with Crippen LogP contribution in [0.1, 0.15) is 28.8 Å². The Bertz CT molecular complexity index is 1490.